The van der Waals surface area contributed by atoms with Gasteiger partial charge in [-0.2, -0.15) is 0 Å². The zero-order valence-electron chi connectivity index (χ0n) is 21.2. The third-order valence-corrected chi connectivity index (χ3v) is 6.34. The monoisotopic (exact) mass is 529 g/mol. The number of rotatable bonds is 11. The van der Waals surface area contributed by atoms with E-state index in [1.807, 2.05) is 6.92 Å². The first-order valence-corrected chi connectivity index (χ1v) is 13.2. The van der Waals surface area contributed by atoms with E-state index in [1.165, 1.54) is 0 Å². The molecule has 0 fully saturated rings. The predicted molar refractivity (Wildman–Crippen MR) is 130 cm³/mol. The number of carboxylic acid groups (broad SMARTS) is 1. The summed E-state index contributed by atoms with van der Waals surface area (Å²) in [7, 11) is -3.73. The molecule has 2 atom stereocenters. The molecule has 202 valence electrons. The van der Waals surface area contributed by atoms with Crippen molar-refractivity contribution in [3.63, 3.8) is 0 Å². The van der Waals surface area contributed by atoms with E-state index in [0.717, 1.165) is 0 Å². The number of amides is 2. The second-order valence-corrected chi connectivity index (χ2v) is 11.6. The van der Waals surface area contributed by atoms with Gasteiger partial charge in [0.1, 0.15) is 24.8 Å². The minimum atomic E-state index is -3.73. The lowest BCUT2D eigenvalue weighted by Crippen LogP contribution is -2.58. The van der Waals surface area contributed by atoms with Crippen LogP contribution in [0.2, 0.25) is 0 Å². The van der Waals surface area contributed by atoms with Crippen LogP contribution in [-0.2, 0) is 30.8 Å². The van der Waals surface area contributed by atoms with Gasteiger partial charge < -0.3 is 30.0 Å². The minimum absolute atomic E-state index is 0.0619. The Morgan fingerprint density at radius 2 is 1.92 bits per heavy atom. The summed E-state index contributed by atoms with van der Waals surface area (Å²) >= 11 is 0. The zero-order valence-corrected chi connectivity index (χ0v) is 22.0. The summed E-state index contributed by atoms with van der Waals surface area (Å²) in [5.41, 5.74) is -1.39. The van der Waals surface area contributed by atoms with E-state index in [1.54, 1.807) is 45.9 Å². The molecule has 1 heterocycles. The lowest BCUT2D eigenvalue weighted by Gasteiger charge is -2.36. The maximum absolute atomic E-state index is 12.3. The van der Waals surface area contributed by atoms with Crippen LogP contribution in [0, 0.1) is 0 Å². The Balaban J connectivity index is 1.99. The van der Waals surface area contributed by atoms with E-state index < -0.39 is 45.4 Å². The van der Waals surface area contributed by atoms with E-state index in [-0.39, 0.29) is 25.3 Å². The lowest BCUT2D eigenvalue weighted by molar-refractivity contribution is -0.139. The highest BCUT2D eigenvalue weighted by Gasteiger charge is 2.35. The van der Waals surface area contributed by atoms with Crippen LogP contribution in [0.25, 0.3) is 0 Å². The molecule has 0 saturated carbocycles. The van der Waals surface area contributed by atoms with Crippen molar-refractivity contribution in [3.05, 3.63) is 23.8 Å². The summed E-state index contributed by atoms with van der Waals surface area (Å²) in [4.78, 5) is 35.7. The second-order valence-electron chi connectivity index (χ2n) is 9.69. The molecule has 13 heteroatoms. The highest BCUT2D eigenvalue weighted by Crippen LogP contribution is 2.35. The van der Waals surface area contributed by atoms with E-state index >= 15 is 0 Å². The number of ether oxygens (including phenoxy) is 3. The smallest absolute Gasteiger partial charge is 0.408 e. The molecule has 1 aliphatic heterocycles. The number of carbonyl (C=O) groups excluding carboxylic acids is 2. The third kappa shape index (κ3) is 9.53. The van der Waals surface area contributed by atoms with Gasteiger partial charge in [-0.25, -0.2) is 17.9 Å². The topological polar surface area (TPSA) is 169 Å². The first kappa shape index (κ1) is 29.2. The van der Waals surface area contributed by atoms with E-state index in [0.29, 0.717) is 29.9 Å². The summed E-state index contributed by atoms with van der Waals surface area (Å²) in [6.45, 7) is 8.17. The van der Waals surface area contributed by atoms with Crippen molar-refractivity contribution in [1.29, 1.82) is 0 Å². The Morgan fingerprint density at radius 3 is 2.53 bits per heavy atom. The Morgan fingerprint density at radius 1 is 1.22 bits per heavy atom. The van der Waals surface area contributed by atoms with E-state index in [4.69, 9.17) is 14.2 Å². The van der Waals surface area contributed by atoms with Crippen molar-refractivity contribution >= 4 is 28.0 Å². The highest BCUT2D eigenvalue weighted by molar-refractivity contribution is 7.89. The Labute approximate surface area is 211 Å². The Hall–Kier alpha value is -3.06. The summed E-state index contributed by atoms with van der Waals surface area (Å²) < 4.78 is 43.2. The van der Waals surface area contributed by atoms with Crippen LogP contribution in [0.4, 0.5) is 4.79 Å². The van der Waals surface area contributed by atoms with Crippen molar-refractivity contribution < 1.29 is 42.1 Å². The molecule has 1 unspecified atom stereocenters. The molecule has 4 N–H and O–H groups in total. The number of sulfonamides is 1. The number of carbonyl (C=O) groups is 3. The molecule has 1 aromatic carbocycles. The number of hydrogen-bond donors (Lipinski definition) is 4. The van der Waals surface area contributed by atoms with Crippen LogP contribution in [0.5, 0.6) is 11.5 Å². The van der Waals surface area contributed by atoms with Gasteiger partial charge in [0.15, 0.2) is 11.5 Å². The fourth-order valence-electron chi connectivity index (χ4n) is 3.26. The van der Waals surface area contributed by atoms with Crippen molar-refractivity contribution in [1.82, 2.24) is 15.4 Å². The molecule has 36 heavy (non-hydrogen) atoms. The largest absolute Gasteiger partial charge is 0.483 e. The van der Waals surface area contributed by atoms with Crippen LogP contribution in [0.3, 0.4) is 0 Å². The van der Waals surface area contributed by atoms with Gasteiger partial charge in [0.2, 0.25) is 21.7 Å². The van der Waals surface area contributed by atoms with Crippen molar-refractivity contribution in [2.45, 2.75) is 71.2 Å². The number of nitrogens with one attached hydrogen (secondary N) is 3. The Bertz CT molecular complexity index is 1070. The SMILES string of the molecule is CCCCS(=O)(=O)N[C@@H](Cc1ccc2c(c1)OCC(C)(NC(=O)CNC(=O)OC(C)(C)C)O2)C(=O)O. The molecule has 0 saturated heterocycles. The van der Waals surface area contributed by atoms with Gasteiger partial charge >= 0.3 is 12.1 Å². The number of benzene rings is 1. The van der Waals surface area contributed by atoms with Gasteiger partial charge in [0, 0.05) is 0 Å². The van der Waals surface area contributed by atoms with Gasteiger partial charge in [-0.1, -0.05) is 19.4 Å². The maximum atomic E-state index is 12.3. The molecular weight excluding hydrogens is 494 g/mol. The predicted octanol–water partition coefficient (Wildman–Crippen LogP) is 1.53. The molecule has 0 bridgehead atoms. The molecule has 0 aliphatic carbocycles. The van der Waals surface area contributed by atoms with Crippen molar-refractivity contribution in [2.24, 2.45) is 0 Å². The molecule has 0 aromatic heterocycles. The highest BCUT2D eigenvalue weighted by atomic mass is 32.2. The number of unbranched alkanes of at least 4 members (excludes halogenated alkanes) is 1. The van der Waals surface area contributed by atoms with Crippen LogP contribution in [0.15, 0.2) is 18.2 Å². The first-order chi connectivity index (χ1) is 16.6. The van der Waals surface area contributed by atoms with E-state index in [2.05, 4.69) is 15.4 Å². The Kier molecular flexibility index (Phi) is 9.55. The van der Waals surface area contributed by atoms with Crippen LogP contribution < -0.4 is 24.8 Å². The van der Waals surface area contributed by atoms with Gasteiger partial charge in [0.05, 0.1) is 5.75 Å². The zero-order chi connectivity index (χ0) is 27.1. The molecule has 12 nitrogen and oxygen atoms in total. The average Bonchev–Trinajstić information content (AvgIpc) is 2.74. The van der Waals surface area contributed by atoms with Crippen molar-refractivity contribution in [3.8, 4) is 11.5 Å². The summed E-state index contributed by atoms with van der Waals surface area (Å²) in [5, 5.41) is 14.5. The lowest BCUT2D eigenvalue weighted by atomic mass is 10.1. The van der Waals surface area contributed by atoms with E-state index in [9.17, 15) is 27.9 Å². The quantitative estimate of drug-likeness (QED) is 0.332. The van der Waals surface area contributed by atoms with Crippen molar-refractivity contribution in [2.75, 3.05) is 18.9 Å². The first-order valence-electron chi connectivity index (χ1n) is 11.6. The number of fused-ring (bicyclic) bond motifs is 1. The summed E-state index contributed by atoms with van der Waals surface area (Å²) in [6.07, 6.45) is 0.272. The van der Waals surface area contributed by atoms with Gasteiger partial charge in [-0.05, 0) is 58.2 Å². The molecule has 1 aliphatic rings. The fraction of sp³-hybridized carbons (Fsp3) is 0.609. The molecule has 2 amide bonds. The number of aliphatic carboxylic acids is 1. The number of hydrogen-bond acceptors (Lipinski definition) is 8. The maximum Gasteiger partial charge on any atom is 0.408 e. The third-order valence-electron chi connectivity index (χ3n) is 4.87. The number of alkyl carbamates (subject to hydrolysis) is 1. The normalized spacial score (nSPS) is 18.1. The van der Waals surface area contributed by atoms with Crippen LogP contribution >= 0.6 is 0 Å². The van der Waals surface area contributed by atoms with Gasteiger partial charge in [-0.3, -0.25) is 9.59 Å². The van der Waals surface area contributed by atoms with Gasteiger partial charge in [0.25, 0.3) is 0 Å². The van der Waals surface area contributed by atoms with Gasteiger partial charge in [-0.15, -0.1) is 0 Å². The molecule has 1 aromatic rings. The average molecular weight is 530 g/mol. The van der Waals surface area contributed by atoms with Crippen LogP contribution in [-0.4, -0.2) is 67.8 Å². The summed E-state index contributed by atoms with van der Waals surface area (Å²) in [6, 6.07) is 3.38. The van der Waals surface area contributed by atoms with Crippen LogP contribution in [0.1, 0.15) is 53.0 Å². The minimum Gasteiger partial charge on any atom is -0.483 e. The molecule has 2 rings (SSSR count). The standard InChI is InChI=1S/C23H35N3O9S/c1-6-7-10-36(31,32)26-16(20(28)29)11-15-8-9-17-18(12-15)33-14-23(5,34-17)25-19(27)13-24-21(30)35-22(2,3)4/h8-9,12,16,26H,6-7,10-11,13-14H2,1-5H3,(H,24,30)(H,25,27)(H,28,29)/t16-,23?/m0/s1. The molecule has 0 radical (unpaired) electrons. The second kappa shape index (κ2) is 11.8. The number of carboxylic acids is 1. The fourth-order valence-corrected chi connectivity index (χ4v) is 4.66. The molecular formula is C23H35N3O9S. The summed E-state index contributed by atoms with van der Waals surface area (Å²) in [5.74, 6) is -1.33. The molecule has 0 spiro atoms.